The van der Waals surface area contributed by atoms with Crippen molar-refractivity contribution in [1.82, 2.24) is 0 Å². The average Bonchev–Trinajstić information content (AvgIpc) is 2.45. The molecular weight excluding hydrogens is 324 g/mol. The van der Waals surface area contributed by atoms with Gasteiger partial charge in [0.2, 0.25) is 0 Å². The summed E-state index contributed by atoms with van der Waals surface area (Å²) >= 11 is 0. The Labute approximate surface area is 137 Å². The Morgan fingerprint density at radius 1 is 1.14 bits per heavy atom. The molecule has 1 aliphatic rings. The highest BCUT2D eigenvalue weighted by Crippen LogP contribution is 2.12. The van der Waals surface area contributed by atoms with Crippen LogP contribution < -0.4 is 0 Å². The van der Waals surface area contributed by atoms with Crippen LogP contribution in [0.2, 0.25) is 0 Å². The Morgan fingerprint density at radius 2 is 1.68 bits per heavy atom. The van der Waals surface area contributed by atoms with E-state index in [0.717, 1.165) is 42.9 Å². The molecule has 0 aromatic rings. The SMILES string of the molecule is CCCCC(=O)C[S+]1CCC(=O)CC1.CCCCS(=O)(=O)[O-]. The molecule has 22 heavy (non-hydrogen) atoms. The number of carbonyl (C=O) groups is 2. The summed E-state index contributed by atoms with van der Waals surface area (Å²) in [5.41, 5.74) is 0. The minimum Gasteiger partial charge on any atom is -0.748 e. The molecule has 1 rings (SSSR count). The normalized spacial score (nSPS) is 16.0. The lowest BCUT2D eigenvalue weighted by atomic mass is 10.2. The van der Waals surface area contributed by atoms with Crippen molar-refractivity contribution in [3.05, 3.63) is 0 Å². The molecule has 0 N–H and O–H groups in total. The molecule has 1 fully saturated rings. The van der Waals surface area contributed by atoms with Crippen LogP contribution in [0.3, 0.4) is 0 Å². The molecule has 0 amide bonds. The molecule has 0 unspecified atom stereocenters. The van der Waals surface area contributed by atoms with E-state index in [1.807, 2.05) is 6.92 Å². The van der Waals surface area contributed by atoms with Gasteiger partial charge in [-0.25, -0.2) is 8.42 Å². The van der Waals surface area contributed by atoms with Crippen LogP contribution >= 0.6 is 0 Å². The third-order valence-electron chi connectivity index (χ3n) is 3.26. The Hall–Kier alpha value is -0.400. The summed E-state index contributed by atoms with van der Waals surface area (Å²) in [7, 11) is -3.71. The smallest absolute Gasteiger partial charge is 0.181 e. The zero-order valence-electron chi connectivity index (χ0n) is 13.6. The first kappa shape index (κ1) is 21.6. The van der Waals surface area contributed by atoms with E-state index in [1.165, 1.54) is 0 Å². The zero-order chi connectivity index (χ0) is 17.0. The third-order valence-corrected chi connectivity index (χ3v) is 6.34. The standard InChI is InChI=1S/C11H19O2S.C4H10O3S/c1-2-3-4-11(13)9-14-7-5-10(12)6-8-14;1-2-3-4-8(5,6)7/h2-9H2,1H3;2-4H2,1H3,(H,5,6,7)/q+1;/p-1. The first-order valence-electron chi connectivity index (χ1n) is 7.89. The van der Waals surface area contributed by atoms with Crippen LogP contribution in [0.5, 0.6) is 0 Å². The van der Waals surface area contributed by atoms with E-state index in [9.17, 15) is 22.6 Å². The van der Waals surface area contributed by atoms with Gasteiger partial charge in [0.25, 0.3) is 0 Å². The zero-order valence-corrected chi connectivity index (χ0v) is 15.3. The summed E-state index contributed by atoms with van der Waals surface area (Å²) in [6, 6.07) is 0. The van der Waals surface area contributed by atoms with Crippen molar-refractivity contribution in [1.29, 1.82) is 0 Å². The van der Waals surface area contributed by atoms with Gasteiger partial charge < -0.3 is 4.55 Å². The van der Waals surface area contributed by atoms with Gasteiger partial charge in [0.1, 0.15) is 17.3 Å². The van der Waals surface area contributed by atoms with Crippen LogP contribution in [0.4, 0.5) is 0 Å². The van der Waals surface area contributed by atoms with Crippen LogP contribution in [-0.4, -0.2) is 47.5 Å². The number of rotatable bonds is 8. The number of carbonyl (C=O) groups excluding carboxylic acids is 2. The molecule has 1 aliphatic heterocycles. The molecule has 130 valence electrons. The Balaban J connectivity index is 0.000000472. The Bertz CT molecular complexity index is 421. The predicted octanol–water partition coefficient (Wildman–Crippen LogP) is 2.06. The first-order valence-corrected chi connectivity index (χ1v) is 11.2. The second kappa shape index (κ2) is 12.1. The molecule has 1 heterocycles. The maximum atomic E-state index is 11.5. The van der Waals surface area contributed by atoms with E-state index < -0.39 is 10.1 Å². The average molecular weight is 353 g/mol. The van der Waals surface area contributed by atoms with Crippen molar-refractivity contribution >= 4 is 32.6 Å². The lowest BCUT2D eigenvalue weighted by molar-refractivity contribution is -0.119. The second-order valence-corrected chi connectivity index (χ2v) is 9.31. The lowest BCUT2D eigenvalue weighted by Gasteiger charge is -2.12. The largest absolute Gasteiger partial charge is 0.748 e. The molecular formula is C15H28O5S2. The van der Waals surface area contributed by atoms with Crippen LogP contribution in [0.15, 0.2) is 0 Å². The topological polar surface area (TPSA) is 91.3 Å². The lowest BCUT2D eigenvalue weighted by Crippen LogP contribution is -2.29. The van der Waals surface area contributed by atoms with Crippen LogP contribution in [-0.2, 0) is 30.6 Å². The van der Waals surface area contributed by atoms with Crippen molar-refractivity contribution in [2.45, 2.75) is 58.8 Å². The molecule has 0 aliphatic carbocycles. The molecule has 0 bridgehead atoms. The van der Waals surface area contributed by atoms with Gasteiger partial charge >= 0.3 is 0 Å². The fourth-order valence-corrected chi connectivity index (χ4v) is 4.65. The molecule has 7 heteroatoms. The van der Waals surface area contributed by atoms with E-state index in [0.29, 0.717) is 30.8 Å². The number of unbranched alkanes of at least 4 members (excludes halogenated alkanes) is 2. The van der Waals surface area contributed by atoms with Crippen molar-refractivity contribution < 1.29 is 22.6 Å². The fraction of sp³-hybridized carbons (Fsp3) is 0.867. The second-order valence-electron chi connectivity index (χ2n) is 5.46. The van der Waals surface area contributed by atoms with Gasteiger partial charge in [0.15, 0.2) is 11.5 Å². The quantitative estimate of drug-likeness (QED) is 0.492. The van der Waals surface area contributed by atoms with Crippen molar-refractivity contribution in [3.63, 3.8) is 0 Å². The molecule has 0 radical (unpaired) electrons. The highest BCUT2D eigenvalue weighted by molar-refractivity contribution is 7.97. The molecule has 5 nitrogen and oxygen atoms in total. The Kier molecular flexibility index (Phi) is 11.9. The van der Waals surface area contributed by atoms with Crippen LogP contribution in [0.1, 0.15) is 58.8 Å². The minimum absolute atomic E-state index is 0.219. The van der Waals surface area contributed by atoms with E-state index in [-0.39, 0.29) is 16.6 Å². The summed E-state index contributed by atoms with van der Waals surface area (Å²) in [5.74, 6) is 3.25. The van der Waals surface area contributed by atoms with Crippen molar-refractivity contribution in [2.24, 2.45) is 0 Å². The highest BCUT2D eigenvalue weighted by atomic mass is 32.2. The van der Waals surface area contributed by atoms with Crippen LogP contribution in [0.25, 0.3) is 0 Å². The monoisotopic (exact) mass is 352 g/mol. The summed E-state index contributed by atoms with van der Waals surface area (Å²) in [6.45, 7) is 3.94. The molecule has 0 spiro atoms. The summed E-state index contributed by atoms with van der Waals surface area (Å²) < 4.78 is 29.5. The fourth-order valence-electron chi connectivity index (χ4n) is 1.88. The summed E-state index contributed by atoms with van der Waals surface area (Å²) in [5, 5.41) is 0. The van der Waals surface area contributed by atoms with E-state index >= 15 is 0 Å². The maximum absolute atomic E-state index is 11.5. The van der Waals surface area contributed by atoms with Gasteiger partial charge in [-0.05, 0) is 23.7 Å². The van der Waals surface area contributed by atoms with Crippen molar-refractivity contribution in [3.8, 4) is 0 Å². The molecule has 0 aromatic carbocycles. The molecule has 0 atom stereocenters. The molecule has 1 saturated heterocycles. The third kappa shape index (κ3) is 13.3. The predicted molar refractivity (Wildman–Crippen MR) is 90.2 cm³/mol. The van der Waals surface area contributed by atoms with Gasteiger partial charge in [0.05, 0.1) is 23.0 Å². The summed E-state index contributed by atoms with van der Waals surface area (Å²) in [6.07, 6.45) is 5.52. The number of Topliss-reactive ketones (excluding diaryl/α,β-unsaturated/α-hetero) is 2. The van der Waals surface area contributed by atoms with Gasteiger partial charge in [0, 0.05) is 12.2 Å². The van der Waals surface area contributed by atoms with Gasteiger partial charge in [-0.15, -0.1) is 0 Å². The minimum atomic E-state index is -3.94. The number of hydrogen-bond acceptors (Lipinski definition) is 5. The molecule has 0 aromatic heterocycles. The van der Waals surface area contributed by atoms with E-state index in [2.05, 4.69) is 6.92 Å². The van der Waals surface area contributed by atoms with Crippen molar-refractivity contribution in [2.75, 3.05) is 23.0 Å². The maximum Gasteiger partial charge on any atom is 0.181 e. The summed E-state index contributed by atoms with van der Waals surface area (Å²) in [4.78, 5) is 22.5. The van der Waals surface area contributed by atoms with Crippen LogP contribution in [0, 0.1) is 0 Å². The molecule has 0 saturated carbocycles. The Morgan fingerprint density at radius 3 is 2.09 bits per heavy atom. The van der Waals surface area contributed by atoms with E-state index in [4.69, 9.17) is 0 Å². The first-order chi connectivity index (χ1) is 10.3. The van der Waals surface area contributed by atoms with Gasteiger partial charge in [-0.3, -0.25) is 9.59 Å². The van der Waals surface area contributed by atoms with Gasteiger partial charge in [-0.1, -0.05) is 26.7 Å². The number of ketones is 2. The van der Waals surface area contributed by atoms with Gasteiger partial charge in [-0.2, -0.15) is 0 Å². The number of hydrogen-bond donors (Lipinski definition) is 0. The van der Waals surface area contributed by atoms with E-state index in [1.54, 1.807) is 0 Å². The highest BCUT2D eigenvalue weighted by Gasteiger charge is 2.28.